The summed E-state index contributed by atoms with van der Waals surface area (Å²) in [5, 5.41) is 2.42. The van der Waals surface area contributed by atoms with E-state index in [1.54, 1.807) is 0 Å². The molecule has 0 radical (unpaired) electrons. The predicted molar refractivity (Wildman–Crippen MR) is 201 cm³/mol. The standard InChI is InChI=1S/C47H31NO2/c1-2-14-32(15-3-1)48(33-23-22-30-12-4-5-13-31(30)26-33)34-24-25-43-44(27-34)50-45-28-38-37-18-8-11-21-41(37)47(42(38)29-46(45)49-43)39-19-9-6-16-35(39)36-17-7-10-20-40(36)47/h1-29,43-44H. The Morgan fingerprint density at radius 2 is 1.02 bits per heavy atom. The number of nitrogens with zero attached hydrogens (tertiary/aromatic N) is 1. The summed E-state index contributed by atoms with van der Waals surface area (Å²) in [6.07, 6.45) is 6.00. The lowest BCUT2D eigenvalue weighted by atomic mass is 9.70. The topological polar surface area (TPSA) is 21.7 Å². The van der Waals surface area contributed by atoms with Crippen LogP contribution >= 0.6 is 0 Å². The molecular weight excluding hydrogens is 611 g/mol. The van der Waals surface area contributed by atoms with Crippen molar-refractivity contribution in [1.82, 2.24) is 0 Å². The summed E-state index contributed by atoms with van der Waals surface area (Å²) in [6, 6.07) is 56.8. The van der Waals surface area contributed by atoms with Gasteiger partial charge in [0.05, 0.1) is 5.41 Å². The second-order valence-electron chi connectivity index (χ2n) is 13.5. The Hall–Kier alpha value is -6.32. The highest BCUT2D eigenvalue weighted by atomic mass is 16.6. The molecule has 236 valence electrons. The van der Waals surface area contributed by atoms with E-state index >= 15 is 0 Å². The van der Waals surface area contributed by atoms with Gasteiger partial charge in [-0.1, -0.05) is 121 Å². The Balaban J connectivity index is 1.04. The molecule has 7 aromatic rings. The molecule has 11 rings (SSSR count). The summed E-state index contributed by atoms with van der Waals surface area (Å²) in [4.78, 5) is 2.30. The largest absolute Gasteiger partial charge is 0.478 e. The van der Waals surface area contributed by atoms with Crippen molar-refractivity contribution in [3.8, 4) is 33.8 Å². The molecule has 1 aliphatic heterocycles. The molecule has 1 heterocycles. The second-order valence-corrected chi connectivity index (χ2v) is 13.5. The number of fused-ring (bicyclic) bond motifs is 13. The fourth-order valence-electron chi connectivity index (χ4n) is 8.89. The van der Waals surface area contributed by atoms with Crippen LogP contribution < -0.4 is 14.4 Å². The molecule has 0 saturated heterocycles. The smallest absolute Gasteiger partial charge is 0.163 e. The van der Waals surface area contributed by atoms with E-state index in [2.05, 4.69) is 181 Å². The summed E-state index contributed by atoms with van der Waals surface area (Å²) < 4.78 is 13.8. The molecule has 50 heavy (non-hydrogen) atoms. The number of rotatable bonds is 3. The van der Waals surface area contributed by atoms with Crippen molar-refractivity contribution in [2.45, 2.75) is 17.6 Å². The molecule has 2 atom stereocenters. The molecule has 3 heteroatoms. The van der Waals surface area contributed by atoms with Crippen LogP contribution in [0, 0.1) is 0 Å². The number of allylic oxidation sites excluding steroid dienone is 1. The van der Waals surface area contributed by atoms with E-state index in [4.69, 9.17) is 9.47 Å². The van der Waals surface area contributed by atoms with Crippen molar-refractivity contribution < 1.29 is 9.47 Å². The first kappa shape index (κ1) is 27.6. The van der Waals surface area contributed by atoms with Gasteiger partial charge in [-0.15, -0.1) is 0 Å². The molecule has 2 unspecified atom stereocenters. The zero-order chi connectivity index (χ0) is 32.8. The Morgan fingerprint density at radius 3 is 1.74 bits per heavy atom. The van der Waals surface area contributed by atoms with Gasteiger partial charge < -0.3 is 14.4 Å². The van der Waals surface area contributed by atoms with Crippen molar-refractivity contribution in [3.05, 3.63) is 204 Å². The fourth-order valence-corrected chi connectivity index (χ4v) is 8.89. The third-order valence-corrected chi connectivity index (χ3v) is 11.0. The van der Waals surface area contributed by atoms with Gasteiger partial charge in [-0.2, -0.15) is 0 Å². The minimum atomic E-state index is -0.417. The average Bonchev–Trinajstić information content (AvgIpc) is 3.63. The van der Waals surface area contributed by atoms with Gasteiger partial charge in [-0.25, -0.2) is 0 Å². The summed E-state index contributed by atoms with van der Waals surface area (Å²) in [5.74, 6) is 1.56. The van der Waals surface area contributed by atoms with Crippen molar-refractivity contribution in [1.29, 1.82) is 0 Å². The van der Waals surface area contributed by atoms with Crippen LogP contribution in [0.25, 0.3) is 33.0 Å². The van der Waals surface area contributed by atoms with Gasteiger partial charge >= 0.3 is 0 Å². The lowest BCUT2D eigenvalue weighted by Gasteiger charge is -2.37. The Labute approximate surface area is 291 Å². The lowest BCUT2D eigenvalue weighted by molar-refractivity contribution is 0.0748. The van der Waals surface area contributed by atoms with Gasteiger partial charge in [0.2, 0.25) is 0 Å². The average molecular weight is 642 g/mol. The maximum Gasteiger partial charge on any atom is 0.163 e. The molecule has 4 aliphatic rings. The number of para-hydroxylation sites is 1. The SMILES string of the molecule is C1=CC2Oc3cc4c(cc3OC2C=C1N(c1ccccc1)c1ccc2ccccc2c1)-c1ccccc1C41c2ccccc2-c2ccccc21. The third-order valence-electron chi connectivity index (χ3n) is 11.0. The highest BCUT2D eigenvalue weighted by Gasteiger charge is 2.52. The summed E-state index contributed by atoms with van der Waals surface area (Å²) in [7, 11) is 0. The number of hydrogen-bond acceptors (Lipinski definition) is 3. The molecule has 0 N–H and O–H groups in total. The highest BCUT2D eigenvalue weighted by molar-refractivity contribution is 5.96. The molecule has 7 aromatic carbocycles. The van der Waals surface area contributed by atoms with Gasteiger partial charge in [-0.05, 0) is 110 Å². The molecule has 3 aliphatic carbocycles. The van der Waals surface area contributed by atoms with Crippen LogP contribution in [0.15, 0.2) is 182 Å². The first-order chi connectivity index (χ1) is 24.8. The Bertz CT molecular complexity index is 2540. The zero-order valence-corrected chi connectivity index (χ0v) is 27.2. The van der Waals surface area contributed by atoms with Crippen molar-refractivity contribution >= 4 is 22.1 Å². The molecule has 1 spiro atoms. The number of benzene rings is 7. The minimum Gasteiger partial charge on any atom is -0.478 e. The van der Waals surface area contributed by atoms with Crippen molar-refractivity contribution in [2.24, 2.45) is 0 Å². The lowest BCUT2D eigenvalue weighted by Crippen LogP contribution is -2.40. The van der Waals surface area contributed by atoms with Crippen molar-refractivity contribution in [2.75, 3.05) is 4.90 Å². The molecule has 0 amide bonds. The second kappa shape index (κ2) is 10.3. The van der Waals surface area contributed by atoms with E-state index in [-0.39, 0.29) is 12.2 Å². The third kappa shape index (κ3) is 3.75. The Kier molecular flexibility index (Phi) is 5.71. The van der Waals surface area contributed by atoms with Crippen LogP contribution in [0.2, 0.25) is 0 Å². The molecule has 0 aromatic heterocycles. The monoisotopic (exact) mass is 641 g/mol. The van der Waals surface area contributed by atoms with Crippen LogP contribution in [0.4, 0.5) is 11.4 Å². The van der Waals surface area contributed by atoms with Gasteiger partial charge in [0.25, 0.3) is 0 Å². The molecule has 0 fully saturated rings. The van der Waals surface area contributed by atoms with E-state index in [0.717, 1.165) is 28.6 Å². The molecule has 3 nitrogen and oxygen atoms in total. The van der Waals surface area contributed by atoms with Gasteiger partial charge in [-0.3, -0.25) is 0 Å². The van der Waals surface area contributed by atoms with Crippen molar-refractivity contribution in [3.63, 3.8) is 0 Å². The van der Waals surface area contributed by atoms with Gasteiger partial charge in [0, 0.05) is 17.1 Å². The maximum atomic E-state index is 6.91. The summed E-state index contributed by atoms with van der Waals surface area (Å²) >= 11 is 0. The normalized spacial score (nSPS) is 18.1. The fraction of sp³-hybridized carbons (Fsp3) is 0.0638. The van der Waals surface area contributed by atoms with E-state index < -0.39 is 5.41 Å². The molecular formula is C47H31NO2. The molecule has 0 bridgehead atoms. The van der Waals surface area contributed by atoms with Crippen LogP contribution in [-0.2, 0) is 5.41 Å². The van der Waals surface area contributed by atoms with E-state index in [1.807, 2.05) is 0 Å². The number of ether oxygens (including phenoxy) is 2. The molecule has 0 saturated carbocycles. The highest BCUT2D eigenvalue weighted by Crippen LogP contribution is 2.64. The van der Waals surface area contributed by atoms with Crippen LogP contribution in [0.3, 0.4) is 0 Å². The maximum absolute atomic E-state index is 6.91. The predicted octanol–water partition coefficient (Wildman–Crippen LogP) is 11.0. The van der Waals surface area contributed by atoms with Gasteiger partial charge in [0.15, 0.2) is 23.7 Å². The first-order valence-electron chi connectivity index (χ1n) is 17.3. The van der Waals surface area contributed by atoms with Crippen LogP contribution in [0.5, 0.6) is 11.5 Å². The van der Waals surface area contributed by atoms with E-state index in [0.29, 0.717) is 0 Å². The van der Waals surface area contributed by atoms with Gasteiger partial charge in [0.1, 0.15) is 0 Å². The first-order valence-corrected chi connectivity index (χ1v) is 17.3. The van der Waals surface area contributed by atoms with Crippen LogP contribution in [-0.4, -0.2) is 12.2 Å². The zero-order valence-electron chi connectivity index (χ0n) is 27.2. The van der Waals surface area contributed by atoms with E-state index in [1.165, 1.54) is 55.3 Å². The Morgan fingerprint density at radius 1 is 0.440 bits per heavy atom. The minimum absolute atomic E-state index is 0.249. The summed E-state index contributed by atoms with van der Waals surface area (Å²) in [5.41, 5.74) is 13.0. The van der Waals surface area contributed by atoms with E-state index in [9.17, 15) is 0 Å². The number of hydrogen-bond donors (Lipinski definition) is 0. The quantitative estimate of drug-likeness (QED) is 0.192. The summed E-state index contributed by atoms with van der Waals surface area (Å²) in [6.45, 7) is 0. The van der Waals surface area contributed by atoms with Crippen LogP contribution in [0.1, 0.15) is 22.3 Å². The number of anilines is 2.